The summed E-state index contributed by atoms with van der Waals surface area (Å²) in [5.74, 6) is -0.196. The fourth-order valence-corrected chi connectivity index (χ4v) is 3.02. The highest BCUT2D eigenvalue weighted by atomic mass is 35.5. The number of hydrogen-bond donors (Lipinski definition) is 1. The van der Waals surface area contributed by atoms with E-state index in [1.165, 1.54) is 4.90 Å². The van der Waals surface area contributed by atoms with Gasteiger partial charge in [0.05, 0.1) is 11.7 Å². The van der Waals surface area contributed by atoms with Crippen molar-refractivity contribution in [3.63, 3.8) is 0 Å². The molecular formula is C18H18ClN3O2. The van der Waals surface area contributed by atoms with Gasteiger partial charge in [0.25, 0.3) is 0 Å². The number of rotatable bonds is 6. The maximum Gasteiger partial charge on any atom is 0.229 e. The van der Waals surface area contributed by atoms with Gasteiger partial charge in [0.2, 0.25) is 11.8 Å². The number of benzene rings is 1. The van der Waals surface area contributed by atoms with Gasteiger partial charge in [0.15, 0.2) is 0 Å². The maximum absolute atomic E-state index is 11.7. The minimum Gasteiger partial charge on any atom is -0.303 e. The molecule has 24 heavy (non-hydrogen) atoms. The monoisotopic (exact) mass is 343 g/mol. The average molecular weight is 344 g/mol. The Morgan fingerprint density at radius 1 is 1.12 bits per heavy atom. The van der Waals surface area contributed by atoms with Gasteiger partial charge >= 0.3 is 0 Å². The predicted octanol–water partition coefficient (Wildman–Crippen LogP) is 2.56. The van der Waals surface area contributed by atoms with Crippen LogP contribution in [-0.4, -0.2) is 34.8 Å². The smallest absolute Gasteiger partial charge is 0.229 e. The van der Waals surface area contributed by atoms with Gasteiger partial charge in [0, 0.05) is 37.2 Å². The number of nitrogens with zero attached hydrogens (tertiary/aromatic N) is 2. The molecule has 1 atom stereocenters. The third-order valence-corrected chi connectivity index (χ3v) is 4.24. The molecule has 1 aromatic carbocycles. The summed E-state index contributed by atoms with van der Waals surface area (Å²) in [6, 6.07) is 13.1. The van der Waals surface area contributed by atoms with Gasteiger partial charge in [-0.25, -0.2) is 0 Å². The van der Waals surface area contributed by atoms with Crippen molar-refractivity contribution in [3.8, 4) is 0 Å². The first-order chi connectivity index (χ1) is 11.6. The zero-order valence-electron chi connectivity index (χ0n) is 13.1. The first-order valence-corrected chi connectivity index (χ1v) is 8.26. The third-order valence-electron chi connectivity index (χ3n) is 4.00. The molecule has 2 heterocycles. The lowest BCUT2D eigenvalue weighted by molar-refractivity contribution is -0.138. The number of halogens is 1. The van der Waals surface area contributed by atoms with E-state index >= 15 is 0 Å². The standard InChI is InChI=1S/C18H18ClN3O2/c19-14-5-3-4-13(12-14)18(15-6-1-2-9-20-15)21-10-11-22-16(23)7-8-17(22)24/h1-6,9,12,18,21H,7-8,10-11H2/t18-/m0/s1. The largest absolute Gasteiger partial charge is 0.303 e. The Hall–Kier alpha value is -2.24. The SMILES string of the molecule is O=C1CCC(=O)N1CCN[C@@H](c1cccc(Cl)c1)c1ccccn1. The summed E-state index contributed by atoms with van der Waals surface area (Å²) < 4.78 is 0. The zero-order chi connectivity index (χ0) is 16.9. The van der Waals surface area contributed by atoms with E-state index in [1.54, 1.807) is 6.20 Å². The Labute approximate surface area is 145 Å². The highest BCUT2D eigenvalue weighted by molar-refractivity contribution is 6.30. The molecule has 0 unspecified atom stereocenters. The van der Waals surface area contributed by atoms with Crippen LogP contribution >= 0.6 is 11.6 Å². The van der Waals surface area contributed by atoms with Crippen molar-refractivity contribution in [1.29, 1.82) is 0 Å². The van der Waals surface area contributed by atoms with E-state index in [2.05, 4.69) is 10.3 Å². The summed E-state index contributed by atoms with van der Waals surface area (Å²) >= 11 is 6.11. The second-order valence-electron chi connectivity index (χ2n) is 5.64. The fraction of sp³-hybridized carbons (Fsp3) is 0.278. The van der Waals surface area contributed by atoms with Crippen molar-refractivity contribution in [3.05, 3.63) is 64.9 Å². The van der Waals surface area contributed by atoms with Crippen LogP contribution in [0.15, 0.2) is 48.7 Å². The molecule has 124 valence electrons. The molecule has 1 saturated heterocycles. The Kier molecular flexibility index (Phi) is 5.23. The minimum absolute atomic E-state index is 0.0982. The van der Waals surface area contributed by atoms with E-state index in [4.69, 9.17) is 11.6 Å². The van der Waals surface area contributed by atoms with E-state index in [1.807, 2.05) is 42.5 Å². The molecule has 5 nitrogen and oxygen atoms in total. The Balaban J connectivity index is 1.73. The Morgan fingerprint density at radius 2 is 1.92 bits per heavy atom. The van der Waals surface area contributed by atoms with Gasteiger partial charge in [-0.1, -0.05) is 29.8 Å². The van der Waals surface area contributed by atoms with Crippen molar-refractivity contribution in [2.75, 3.05) is 13.1 Å². The second kappa shape index (κ2) is 7.55. The maximum atomic E-state index is 11.7. The van der Waals surface area contributed by atoms with Crippen molar-refractivity contribution in [1.82, 2.24) is 15.2 Å². The first-order valence-electron chi connectivity index (χ1n) is 7.88. The Bertz CT molecular complexity index is 720. The molecule has 0 radical (unpaired) electrons. The van der Waals surface area contributed by atoms with E-state index in [0.29, 0.717) is 31.0 Å². The highest BCUT2D eigenvalue weighted by Gasteiger charge is 2.28. The quantitative estimate of drug-likeness (QED) is 0.819. The van der Waals surface area contributed by atoms with E-state index in [-0.39, 0.29) is 17.9 Å². The number of imide groups is 1. The molecule has 1 aromatic heterocycles. The molecule has 0 spiro atoms. The lowest BCUT2D eigenvalue weighted by Crippen LogP contribution is -2.37. The summed E-state index contributed by atoms with van der Waals surface area (Å²) in [5.41, 5.74) is 1.85. The molecule has 0 bridgehead atoms. The van der Waals surface area contributed by atoms with Crippen LogP contribution in [0.1, 0.15) is 30.1 Å². The predicted molar refractivity (Wildman–Crippen MR) is 91.5 cm³/mol. The second-order valence-corrected chi connectivity index (χ2v) is 6.07. The van der Waals surface area contributed by atoms with Gasteiger partial charge in [-0.2, -0.15) is 0 Å². The molecule has 2 aromatic rings. The minimum atomic E-state index is -0.155. The Morgan fingerprint density at radius 3 is 2.58 bits per heavy atom. The third kappa shape index (κ3) is 3.80. The van der Waals surface area contributed by atoms with Crippen LogP contribution in [0.2, 0.25) is 5.02 Å². The van der Waals surface area contributed by atoms with Crippen LogP contribution in [0.5, 0.6) is 0 Å². The van der Waals surface area contributed by atoms with Crippen LogP contribution in [0.3, 0.4) is 0 Å². The number of pyridine rings is 1. The van der Waals surface area contributed by atoms with Gasteiger partial charge in [-0.15, -0.1) is 0 Å². The summed E-state index contributed by atoms with van der Waals surface area (Å²) in [4.78, 5) is 29.1. The number of aromatic nitrogens is 1. The summed E-state index contributed by atoms with van der Waals surface area (Å²) in [6.07, 6.45) is 2.37. The van der Waals surface area contributed by atoms with Crippen molar-refractivity contribution >= 4 is 23.4 Å². The van der Waals surface area contributed by atoms with E-state index in [9.17, 15) is 9.59 Å². The van der Waals surface area contributed by atoms with E-state index < -0.39 is 0 Å². The molecule has 0 aliphatic carbocycles. The molecule has 1 fully saturated rings. The van der Waals surface area contributed by atoms with Crippen molar-refractivity contribution < 1.29 is 9.59 Å². The average Bonchev–Trinajstić information content (AvgIpc) is 2.91. The molecular weight excluding hydrogens is 326 g/mol. The van der Waals surface area contributed by atoms with Gasteiger partial charge in [-0.05, 0) is 29.8 Å². The van der Waals surface area contributed by atoms with Gasteiger partial charge in [0.1, 0.15) is 0 Å². The summed E-state index contributed by atoms with van der Waals surface area (Å²) in [6.45, 7) is 0.854. The molecule has 1 N–H and O–H groups in total. The van der Waals surface area contributed by atoms with E-state index in [0.717, 1.165) is 11.3 Å². The fourth-order valence-electron chi connectivity index (χ4n) is 2.82. The van der Waals surface area contributed by atoms with Crippen LogP contribution in [0.25, 0.3) is 0 Å². The number of carbonyl (C=O) groups is 2. The molecule has 3 rings (SSSR count). The number of carbonyl (C=O) groups excluding carboxylic acids is 2. The first kappa shape index (κ1) is 16.6. The van der Waals surface area contributed by atoms with Gasteiger partial charge in [-0.3, -0.25) is 19.5 Å². The molecule has 1 aliphatic heterocycles. The number of hydrogen-bond acceptors (Lipinski definition) is 4. The molecule has 2 amide bonds. The number of likely N-dealkylation sites (tertiary alicyclic amines) is 1. The van der Waals surface area contributed by atoms with Crippen molar-refractivity contribution in [2.24, 2.45) is 0 Å². The molecule has 1 aliphatic rings. The zero-order valence-corrected chi connectivity index (χ0v) is 13.9. The van der Waals surface area contributed by atoms with Crippen LogP contribution in [-0.2, 0) is 9.59 Å². The summed E-state index contributed by atoms with van der Waals surface area (Å²) in [7, 11) is 0. The number of amides is 2. The van der Waals surface area contributed by atoms with Crippen LogP contribution in [0.4, 0.5) is 0 Å². The lowest BCUT2D eigenvalue weighted by Gasteiger charge is -2.21. The lowest BCUT2D eigenvalue weighted by atomic mass is 10.0. The van der Waals surface area contributed by atoms with Crippen molar-refractivity contribution in [2.45, 2.75) is 18.9 Å². The highest BCUT2D eigenvalue weighted by Crippen LogP contribution is 2.23. The van der Waals surface area contributed by atoms with Crippen LogP contribution in [0, 0.1) is 0 Å². The molecule has 6 heteroatoms. The topological polar surface area (TPSA) is 62.3 Å². The normalized spacial score (nSPS) is 15.8. The molecule has 0 saturated carbocycles. The van der Waals surface area contributed by atoms with Crippen LogP contribution < -0.4 is 5.32 Å². The van der Waals surface area contributed by atoms with Gasteiger partial charge < -0.3 is 5.32 Å². The summed E-state index contributed by atoms with van der Waals surface area (Å²) in [5, 5.41) is 4.03. The number of nitrogens with one attached hydrogen (secondary N) is 1.